The molecule has 1 atom stereocenters. The number of rotatable bonds is 8. The summed E-state index contributed by atoms with van der Waals surface area (Å²) in [5, 5.41) is 23.6. The molecule has 11 nitrogen and oxygen atoms in total. The van der Waals surface area contributed by atoms with Crippen molar-refractivity contribution in [3.05, 3.63) is 68.8 Å². The molecule has 2 aromatic carbocycles. The summed E-state index contributed by atoms with van der Waals surface area (Å²) in [6.07, 6.45) is -0.774. The molecule has 152 valence electrons. The average molecular weight is 403 g/mol. The Labute approximate surface area is 164 Å². The lowest BCUT2D eigenvalue weighted by atomic mass is 10.1. The minimum absolute atomic E-state index is 0.00516. The fraction of sp³-hybridized carbons (Fsp3) is 0.222. The maximum absolute atomic E-state index is 11.9. The number of hydrogen-bond donors (Lipinski definition) is 1. The average Bonchev–Trinajstić information content (AvgIpc) is 2.67. The molecule has 0 spiro atoms. The van der Waals surface area contributed by atoms with Crippen LogP contribution in [0.1, 0.15) is 13.3 Å². The van der Waals surface area contributed by atoms with E-state index < -0.39 is 21.9 Å². The molecule has 1 unspecified atom stereocenters. The molecule has 0 fully saturated rings. The molecule has 0 saturated carbocycles. The van der Waals surface area contributed by atoms with Crippen LogP contribution in [-0.2, 0) is 4.79 Å². The Bertz CT molecular complexity index is 896. The molecule has 0 bridgehead atoms. The Morgan fingerprint density at radius 3 is 1.79 bits per heavy atom. The molecule has 1 N–H and O–H groups in total. The number of nitrogens with zero attached hydrogens (tertiary/aromatic N) is 2. The summed E-state index contributed by atoms with van der Waals surface area (Å²) in [5.74, 6) is -0.515. The van der Waals surface area contributed by atoms with Crippen molar-refractivity contribution in [1.82, 2.24) is 5.32 Å². The van der Waals surface area contributed by atoms with Crippen LogP contribution in [0, 0.1) is 26.1 Å². The van der Waals surface area contributed by atoms with E-state index >= 15 is 0 Å². The zero-order valence-electron chi connectivity index (χ0n) is 15.3. The zero-order valence-corrected chi connectivity index (χ0v) is 15.3. The summed E-state index contributed by atoms with van der Waals surface area (Å²) in [4.78, 5) is 43.7. The van der Waals surface area contributed by atoms with Crippen molar-refractivity contribution < 1.29 is 28.9 Å². The topological polar surface area (TPSA) is 151 Å². The van der Waals surface area contributed by atoms with Crippen LogP contribution >= 0.6 is 0 Å². The van der Waals surface area contributed by atoms with Gasteiger partial charge in [0.05, 0.1) is 16.3 Å². The van der Waals surface area contributed by atoms with Crippen molar-refractivity contribution in [1.29, 1.82) is 0 Å². The third kappa shape index (κ3) is 6.90. The first kappa shape index (κ1) is 21.3. The summed E-state index contributed by atoms with van der Waals surface area (Å²) in [7, 11) is 0. The second-order valence-corrected chi connectivity index (χ2v) is 6.06. The van der Waals surface area contributed by atoms with E-state index in [0.717, 1.165) is 0 Å². The Kier molecular flexibility index (Phi) is 7.18. The number of ether oxygens (including phenoxy) is 2. The predicted octanol–water partition coefficient (Wildman–Crippen LogP) is 3.22. The fourth-order valence-electron chi connectivity index (χ4n) is 2.20. The number of carbonyl (C=O) groups is 2. The lowest BCUT2D eigenvalue weighted by molar-refractivity contribution is -0.385. The third-order valence-electron chi connectivity index (χ3n) is 3.65. The van der Waals surface area contributed by atoms with Crippen LogP contribution in [0.3, 0.4) is 0 Å². The lowest BCUT2D eigenvalue weighted by Gasteiger charge is -2.12. The number of amides is 1. The molecular formula is C18H17N3O8. The molecule has 0 radical (unpaired) electrons. The van der Waals surface area contributed by atoms with E-state index in [-0.39, 0.29) is 41.8 Å². The molecule has 1 amide bonds. The first-order valence-corrected chi connectivity index (χ1v) is 8.40. The Hall–Kier alpha value is -4.02. The Morgan fingerprint density at radius 2 is 1.34 bits per heavy atom. The van der Waals surface area contributed by atoms with Crippen LogP contribution < -0.4 is 14.8 Å². The molecule has 0 aliphatic heterocycles. The highest BCUT2D eigenvalue weighted by Gasteiger charge is 2.14. The van der Waals surface area contributed by atoms with Gasteiger partial charge in [0.2, 0.25) is 0 Å². The van der Waals surface area contributed by atoms with Crippen molar-refractivity contribution in [2.45, 2.75) is 13.3 Å². The maximum Gasteiger partial charge on any atom is 0.412 e. The highest BCUT2D eigenvalue weighted by molar-refractivity contribution is 5.73. The van der Waals surface area contributed by atoms with Gasteiger partial charge in [0, 0.05) is 30.8 Å². The predicted molar refractivity (Wildman–Crippen MR) is 99.6 cm³/mol. The van der Waals surface area contributed by atoms with Gasteiger partial charge in [-0.1, -0.05) is 6.92 Å². The van der Waals surface area contributed by atoms with Gasteiger partial charge in [-0.25, -0.2) is 4.79 Å². The van der Waals surface area contributed by atoms with E-state index in [0.29, 0.717) is 0 Å². The molecule has 11 heteroatoms. The number of nitro groups is 2. The smallest absolute Gasteiger partial charge is 0.412 e. The second kappa shape index (κ2) is 9.78. The van der Waals surface area contributed by atoms with Gasteiger partial charge < -0.3 is 14.8 Å². The first-order valence-electron chi connectivity index (χ1n) is 8.40. The van der Waals surface area contributed by atoms with Crippen LogP contribution in [0.25, 0.3) is 0 Å². The lowest BCUT2D eigenvalue weighted by Crippen LogP contribution is -2.32. The number of nitro benzene ring substituents is 2. The minimum atomic E-state index is -0.769. The molecule has 0 heterocycles. The van der Waals surface area contributed by atoms with Crippen molar-refractivity contribution in [3.8, 4) is 11.5 Å². The molecule has 2 aromatic rings. The van der Waals surface area contributed by atoms with Crippen molar-refractivity contribution in [2.24, 2.45) is 5.92 Å². The van der Waals surface area contributed by atoms with Gasteiger partial charge in [0.1, 0.15) is 11.5 Å². The van der Waals surface area contributed by atoms with Crippen LogP contribution in [0.15, 0.2) is 48.5 Å². The summed E-state index contributed by atoms with van der Waals surface area (Å²) in [6.45, 7) is 1.84. The van der Waals surface area contributed by atoms with Gasteiger partial charge in [0.15, 0.2) is 0 Å². The Balaban J connectivity index is 1.74. The number of non-ortho nitro benzene ring substituents is 2. The summed E-state index contributed by atoms with van der Waals surface area (Å²) < 4.78 is 10.1. The summed E-state index contributed by atoms with van der Waals surface area (Å²) >= 11 is 0. The highest BCUT2D eigenvalue weighted by atomic mass is 16.6. The molecule has 29 heavy (non-hydrogen) atoms. The number of carbonyl (C=O) groups excluding carboxylic acids is 2. The number of hydrogen-bond acceptors (Lipinski definition) is 8. The summed E-state index contributed by atoms with van der Waals surface area (Å²) in [6, 6.07) is 10.1. The highest BCUT2D eigenvalue weighted by Crippen LogP contribution is 2.19. The van der Waals surface area contributed by atoms with Gasteiger partial charge in [-0.05, 0) is 30.2 Å². The third-order valence-corrected chi connectivity index (χ3v) is 3.65. The van der Waals surface area contributed by atoms with E-state index in [2.05, 4.69) is 5.32 Å². The maximum atomic E-state index is 11.9. The van der Waals surface area contributed by atoms with Gasteiger partial charge in [-0.3, -0.25) is 25.0 Å². The van der Waals surface area contributed by atoms with Crippen LogP contribution in [0.5, 0.6) is 11.5 Å². The van der Waals surface area contributed by atoms with Crippen LogP contribution in [0.4, 0.5) is 16.2 Å². The molecule has 0 aromatic heterocycles. The van der Waals surface area contributed by atoms with Crippen molar-refractivity contribution in [2.75, 3.05) is 6.54 Å². The van der Waals surface area contributed by atoms with Crippen molar-refractivity contribution in [3.63, 3.8) is 0 Å². The molecular weight excluding hydrogens is 386 g/mol. The van der Waals surface area contributed by atoms with Crippen LogP contribution in [-0.4, -0.2) is 28.5 Å². The van der Waals surface area contributed by atoms with Crippen LogP contribution in [0.2, 0.25) is 0 Å². The fourth-order valence-corrected chi connectivity index (χ4v) is 2.20. The van der Waals surface area contributed by atoms with E-state index in [1.165, 1.54) is 48.5 Å². The standard InChI is InChI=1S/C18H17N3O8/c1-12(10-17(22)28-15-6-2-13(3-7-15)20(24)25)11-19-18(23)29-16-8-4-14(5-9-16)21(26)27/h2-9,12H,10-11H2,1H3,(H,19,23). The monoisotopic (exact) mass is 403 g/mol. The number of nitrogens with one attached hydrogen (secondary N) is 1. The van der Waals surface area contributed by atoms with E-state index in [4.69, 9.17) is 9.47 Å². The molecule has 0 aliphatic rings. The van der Waals surface area contributed by atoms with Crippen molar-refractivity contribution >= 4 is 23.4 Å². The molecule has 0 aliphatic carbocycles. The zero-order chi connectivity index (χ0) is 21.4. The van der Waals surface area contributed by atoms with Gasteiger partial charge in [-0.2, -0.15) is 0 Å². The van der Waals surface area contributed by atoms with Gasteiger partial charge >= 0.3 is 12.1 Å². The number of benzene rings is 2. The second-order valence-electron chi connectivity index (χ2n) is 6.06. The SMILES string of the molecule is CC(CNC(=O)Oc1ccc([N+](=O)[O-])cc1)CC(=O)Oc1ccc([N+](=O)[O-])cc1. The van der Waals surface area contributed by atoms with E-state index in [9.17, 15) is 29.8 Å². The Morgan fingerprint density at radius 1 is 0.897 bits per heavy atom. The molecule has 0 saturated heterocycles. The van der Waals surface area contributed by atoms with Gasteiger partial charge in [-0.15, -0.1) is 0 Å². The summed E-state index contributed by atoms with van der Waals surface area (Å²) in [5.41, 5.74) is -0.244. The first-order chi connectivity index (χ1) is 13.7. The minimum Gasteiger partial charge on any atom is -0.427 e. The van der Waals surface area contributed by atoms with Gasteiger partial charge in [0.25, 0.3) is 11.4 Å². The van der Waals surface area contributed by atoms with E-state index in [1.54, 1.807) is 6.92 Å². The quantitative estimate of drug-likeness (QED) is 0.305. The number of esters is 1. The normalized spacial score (nSPS) is 11.2. The molecule has 2 rings (SSSR count). The van der Waals surface area contributed by atoms with E-state index in [1.807, 2.05) is 0 Å². The largest absolute Gasteiger partial charge is 0.427 e.